The molecule has 2 aromatic carbocycles. The summed E-state index contributed by atoms with van der Waals surface area (Å²) in [6, 6.07) is 15.1. The average molecular weight is 357 g/mol. The van der Waals surface area contributed by atoms with Crippen molar-refractivity contribution < 1.29 is 9.59 Å². The van der Waals surface area contributed by atoms with E-state index in [4.69, 9.17) is 11.6 Å². The van der Waals surface area contributed by atoms with E-state index in [-0.39, 0.29) is 24.3 Å². The summed E-state index contributed by atoms with van der Waals surface area (Å²) in [5.41, 5.74) is 3.39. The Morgan fingerprint density at radius 3 is 2.48 bits per heavy atom. The molecule has 0 aromatic heterocycles. The first-order chi connectivity index (χ1) is 12.0. The fourth-order valence-electron chi connectivity index (χ4n) is 3.20. The fourth-order valence-corrected chi connectivity index (χ4v) is 3.33. The van der Waals surface area contributed by atoms with Crippen molar-refractivity contribution in [1.29, 1.82) is 0 Å². The van der Waals surface area contributed by atoms with Crippen molar-refractivity contribution in [3.8, 4) is 0 Å². The average Bonchev–Trinajstić information content (AvgIpc) is 2.61. The molecule has 0 radical (unpaired) electrons. The summed E-state index contributed by atoms with van der Waals surface area (Å²) < 4.78 is 0. The van der Waals surface area contributed by atoms with Gasteiger partial charge in [-0.05, 0) is 35.2 Å². The van der Waals surface area contributed by atoms with Gasteiger partial charge >= 0.3 is 0 Å². The molecule has 25 heavy (non-hydrogen) atoms. The largest absolute Gasteiger partial charge is 0.349 e. The number of hydrogen-bond acceptors (Lipinski definition) is 2. The van der Waals surface area contributed by atoms with Gasteiger partial charge in [0, 0.05) is 25.0 Å². The topological polar surface area (TPSA) is 49.4 Å². The molecule has 1 atom stereocenters. The smallest absolute Gasteiger partial charge is 0.225 e. The highest BCUT2D eigenvalue weighted by atomic mass is 35.5. The monoisotopic (exact) mass is 356 g/mol. The van der Waals surface area contributed by atoms with Crippen LogP contribution in [0.15, 0.2) is 48.5 Å². The molecule has 2 aromatic rings. The molecule has 0 saturated carbocycles. The molecule has 0 bridgehead atoms. The highest BCUT2D eigenvalue weighted by Crippen LogP contribution is 2.23. The molecule has 1 N–H and O–H groups in total. The van der Waals surface area contributed by atoms with Crippen LogP contribution < -0.4 is 5.32 Å². The van der Waals surface area contributed by atoms with Gasteiger partial charge in [-0.2, -0.15) is 0 Å². The molecule has 1 unspecified atom stereocenters. The maximum Gasteiger partial charge on any atom is 0.225 e. The molecule has 0 aliphatic carbocycles. The van der Waals surface area contributed by atoms with E-state index in [1.165, 1.54) is 18.1 Å². The third-order valence-corrected chi connectivity index (χ3v) is 4.76. The molecule has 5 heteroatoms. The first-order valence-corrected chi connectivity index (χ1v) is 8.78. The molecule has 0 fully saturated rings. The molecule has 1 aliphatic heterocycles. The third kappa shape index (κ3) is 4.40. The van der Waals surface area contributed by atoms with E-state index < -0.39 is 0 Å². The van der Waals surface area contributed by atoms with Gasteiger partial charge in [-0.15, -0.1) is 0 Å². The van der Waals surface area contributed by atoms with Gasteiger partial charge in [-0.3, -0.25) is 9.59 Å². The molecular weight excluding hydrogens is 336 g/mol. The SMILES string of the molecule is CC(=O)NC(CC(=O)N1CCc2ccccc2C1)c1ccc(Cl)cc1. The molecule has 1 heterocycles. The van der Waals surface area contributed by atoms with Crippen molar-refractivity contribution in [3.05, 3.63) is 70.2 Å². The van der Waals surface area contributed by atoms with E-state index >= 15 is 0 Å². The van der Waals surface area contributed by atoms with Crippen LogP contribution in [0.5, 0.6) is 0 Å². The summed E-state index contributed by atoms with van der Waals surface area (Å²) in [5, 5.41) is 3.50. The minimum atomic E-state index is -0.348. The highest BCUT2D eigenvalue weighted by Gasteiger charge is 2.24. The molecule has 4 nitrogen and oxygen atoms in total. The van der Waals surface area contributed by atoms with Crippen LogP contribution >= 0.6 is 11.6 Å². The van der Waals surface area contributed by atoms with Crippen molar-refractivity contribution in [2.75, 3.05) is 6.54 Å². The van der Waals surface area contributed by atoms with Gasteiger partial charge in [0.2, 0.25) is 11.8 Å². The van der Waals surface area contributed by atoms with Crippen LogP contribution in [0.25, 0.3) is 0 Å². The van der Waals surface area contributed by atoms with E-state index in [0.717, 1.165) is 12.0 Å². The fraction of sp³-hybridized carbons (Fsp3) is 0.300. The van der Waals surface area contributed by atoms with E-state index in [0.29, 0.717) is 18.1 Å². The zero-order chi connectivity index (χ0) is 17.8. The van der Waals surface area contributed by atoms with Gasteiger partial charge in [-0.1, -0.05) is 48.0 Å². The molecule has 130 valence electrons. The molecule has 1 aliphatic rings. The van der Waals surface area contributed by atoms with Crippen molar-refractivity contribution in [1.82, 2.24) is 10.2 Å². The Labute approximate surface area is 152 Å². The number of carbonyl (C=O) groups excluding carboxylic acids is 2. The number of rotatable bonds is 4. The van der Waals surface area contributed by atoms with E-state index in [2.05, 4.69) is 17.4 Å². The van der Waals surface area contributed by atoms with E-state index in [1.54, 1.807) is 12.1 Å². The molecule has 0 saturated heterocycles. The Hall–Kier alpha value is -2.33. The third-order valence-electron chi connectivity index (χ3n) is 4.51. The van der Waals surface area contributed by atoms with Crippen LogP contribution in [0, 0.1) is 0 Å². The number of halogens is 1. The summed E-state index contributed by atoms with van der Waals surface area (Å²) in [5.74, 6) is -0.111. The number of fused-ring (bicyclic) bond motifs is 1. The van der Waals surface area contributed by atoms with Gasteiger partial charge in [0.25, 0.3) is 0 Å². The van der Waals surface area contributed by atoms with Crippen LogP contribution in [-0.2, 0) is 22.6 Å². The van der Waals surface area contributed by atoms with Crippen molar-refractivity contribution in [3.63, 3.8) is 0 Å². The van der Waals surface area contributed by atoms with Crippen molar-refractivity contribution >= 4 is 23.4 Å². The molecule has 2 amide bonds. The minimum Gasteiger partial charge on any atom is -0.349 e. The quantitative estimate of drug-likeness (QED) is 0.911. The lowest BCUT2D eigenvalue weighted by Crippen LogP contribution is -2.38. The van der Waals surface area contributed by atoms with Gasteiger partial charge in [0.1, 0.15) is 0 Å². The van der Waals surface area contributed by atoms with Crippen LogP contribution in [0.2, 0.25) is 5.02 Å². The van der Waals surface area contributed by atoms with Gasteiger partial charge in [0.15, 0.2) is 0 Å². The van der Waals surface area contributed by atoms with Gasteiger partial charge in [0.05, 0.1) is 12.5 Å². The van der Waals surface area contributed by atoms with Gasteiger partial charge < -0.3 is 10.2 Å². The standard InChI is InChI=1S/C20H21ClN2O2/c1-14(24)22-19(16-6-8-18(21)9-7-16)12-20(25)23-11-10-15-4-2-3-5-17(15)13-23/h2-9,19H,10-13H2,1H3,(H,22,24). The Bertz CT molecular complexity index is 774. The lowest BCUT2D eigenvalue weighted by atomic mass is 9.98. The maximum atomic E-state index is 12.8. The summed E-state index contributed by atoms with van der Waals surface area (Å²) >= 11 is 5.93. The summed E-state index contributed by atoms with van der Waals surface area (Å²) in [4.78, 5) is 26.2. The lowest BCUT2D eigenvalue weighted by Gasteiger charge is -2.30. The van der Waals surface area contributed by atoms with Crippen molar-refractivity contribution in [2.24, 2.45) is 0 Å². The summed E-state index contributed by atoms with van der Waals surface area (Å²) in [6.07, 6.45) is 1.11. The Morgan fingerprint density at radius 1 is 1.12 bits per heavy atom. The molecule has 0 spiro atoms. The van der Waals surface area contributed by atoms with E-state index in [1.807, 2.05) is 29.2 Å². The van der Waals surface area contributed by atoms with Crippen LogP contribution in [-0.4, -0.2) is 23.3 Å². The highest BCUT2D eigenvalue weighted by molar-refractivity contribution is 6.30. The Morgan fingerprint density at radius 2 is 1.80 bits per heavy atom. The molecular formula is C20H21ClN2O2. The summed E-state index contributed by atoms with van der Waals surface area (Å²) in [7, 11) is 0. The second-order valence-electron chi connectivity index (χ2n) is 6.34. The minimum absolute atomic E-state index is 0.0446. The normalized spacial score (nSPS) is 14.6. The number of benzene rings is 2. The van der Waals surface area contributed by atoms with Crippen LogP contribution in [0.4, 0.5) is 0 Å². The first-order valence-electron chi connectivity index (χ1n) is 8.40. The first kappa shape index (κ1) is 17.5. The predicted molar refractivity (Wildman–Crippen MR) is 98.2 cm³/mol. The van der Waals surface area contributed by atoms with Crippen LogP contribution in [0.1, 0.15) is 36.1 Å². The zero-order valence-corrected chi connectivity index (χ0v) is 14.9. The zero-order valence-electron chi connectivity index (χ0n) is 14.2. The predicted octanol–water partition coefficient (Wildman–Crippen LogP) is 3.49. The maximum absolute atomic E-state index is 12.8. The number of amides is 2. The van der Waals surface area contributed by atoms with Crippen LogP contribution in [0.3, 0.4) is 0 Å². The summed E-state index contributed by atoms with van der Waals surface area (Å²) in [6.45, 7) is 2.80. The van der Waals surface area contributed by atoms with E-state index in [9.17, 15) is 9.59 Å². The Kier molecular flexibility index (Phi) is 5.39. The molecule has 3 rings (SSSR count). The Balaban J connectivity index is 1.72. The second-order valence-corrected chi connectivity index (χ2v) is 6.78. The lowest BCUT2D eigenvalue weighted by molar-refractivity contribution is -0.133. The number of carbonyl (C=O) groups is 2. The number of nitrogens with one attached hydrogen (secondary N) is 1. The number of nitrogens with zero attached hydrogens (tertiary/aromatic N) is 1. The van der Waals surface area contributed by atoms with Gasteiger partial charge in [-0.25, -0.2) is 0 Å². The number of hydrogen-bond donors (Lipinski definition) is 1. The second kappa shape index (κ2) is 7.70. The van der Waals surface area contributed by atoms with Crippen molar-refractivity contribution in [2.45, 2.75) is 32.4 Å².